The Hall–Kier alpha value is -2.30. The Morgan fingerprint density at radius 3 is 2.12 bits per heavy atom. The number of carbonyl (C=O) groups is 2. The zero-order chi connectivity index (χ0) is 12.8. The minimum atomic E-state index is -1.15. The highest BCUT2D eigenvalue weighted by Crippen LogP contribution is 2.15. The van der Waals surface area contributed by atoms with Gasteiger partial charge < -0.3 is 15.5 Å². The Morgan fingerprint density at radius 2 is 1.71 bits per heavy atom. The molecule has 0 aliphatic heterocycles. The highest BCUT2D eigenvalue weighted by molar-refractivity contribution is 5.95. The maximum absolute atomic E-state index is 10.8. The lowest BCUT2D eigenvalue weighted by molar-refractivity contribution is 0.0696. The summed E-state index contributed by atoms with van der Waals surface area (Å²) in [5, 5.41) is 20.6. The molecule has 0 aliphatic carbocycles. The van der Waals surface area contributed by atoms with Gasteiger partial charge in [0.1, 0.15) is 0 Å². The van der Waals surface area contributed by atoms with Crippen LogP contribution in [0.15, 0.2) is 30.4 Å². The van der Waals surface area contributed by atoms with Crippen LogP contribution in [-0.4, -0.2) is 28.7 Å². The molecule has 0 atom stereocenters. The number of allylic oxidation sites excluding steroid dienone is 1. The van der Waals surface area contributed by atoms with Gasteiger partial charge in [0.2, 0.25) is 0 Å². The molecule has 5 nitrogen and oxygen atoms in total. The average Bonchev–Trinajstić information content (AvgIpc) is 2.29. The standard InChI is InChI=1S/C12H13NO4/c1-2-3-4-13-10-6-8(11(14)15)5-9(7-10)12(16)17/h2-3,5-7,13H,4H2,1H3,(H,14,15)(H,16,17). The lowest BCUT2D eigenvalue weighted by atomic mass is 10.1. The molecule has 0 heterocycles. The van der Waals surface area contributed by atoms with E-state index < -0.39 is 11.9 Å². The summed E-state index contributed by atoms with van der Waals surface area (Å²) in [7, 11) is 0. The zero-order valence-electron chi connectivity index (χ0n) is 9.30. The van der Waals surface area contributed by atoms with E-state index in [2.05, 4.69) is 5.32 Å². The van der Waals surface area contributed by atoms with E-state index in [1.165, 1.54) is 12.1 Å². The number of hydrogen-bond acceptors (Lipinski definition) is 3. The minimum absolute atomic E-state index is 0.0483. The molecule has 0 spiro atoms. The Kier molecular flexibility index (Phi) is 4.28. The number of nitrogens with one attached hydrogen (secondary N) is 1. The second kappa shape index (κ2) is 5.69. The second-order valence-electron chi connectivity index (χ2n) is 3.36. The van der Waals surface area contributed by atoms with E-state index >= 15 is 0 Å². The molecule has 0 aromatic heterocycles. The normalized spacial score (nSPS) is 10.4. The third-order valence-electron chi connectivity index (χ3n) is 2.09. The Labute approximate surface area is 98.4 Å². The molecule has 0 bridgehead atoms. The van der Waals surface area contributed by atoms with Crippen molar-refractivity contribution >= 4 is 17.6 Å². The van der Waals surface area contributed by atoms with Crippen molar-refractivity contribution in [3.63, 3.8) is 0 Å². The predicted molar refractivity (Wildman–Crippen MR) is 63.7 cm³/mol. The van der Waals surface area contributed by atoms with Crippen molar-refractivity contribution in [1.82, 2.24) is 0 Å². The van der Waals surface area contributed by atoms with Gasteiger partial charge in [-0.2, -0.15) is 0 Å². The fourth-order valence-electron chi connectivity index (χ4n) is 1.27. The van der Waals surface area contributed by atoms with Crippen LogP contribution in [0.5, 0.6) is 0 Å². The number of aromatic carboxylic acids is 2. The van der Waals surface area contributed by atoms with Gasteiger partial charge in [-0.3, -0.25) is 0 Å². The molecule has 5 heteroatoms. The number of hydrogen-bond donors (Lipinski definition) is 3. The summed E-state index contributed by atoms with van der Waals surface area (Å²) >= 11 is 0. The predicted octanol–water partition coefficient (Wildman–Crippen LogP) is 2.07. The fourth-order valence-corrected chi connectivity index (χ4v) is 1.27. The Morgan fingerprint density at radius 1 is 1.18 bits per heavy atom. The van der Waals surface area contributed by atoms with E-state index in [-0.39, 0.29) is 11.1 Å². The average molecular weight is 235 g/mol. The smallest absolute Gasteiger partial charge is 0.335 e. The molecule has 0 unspecified atom stereocenters. The lowest BCUT2D eigenvalue weighted by Gasteiger charge is -2.06. The fraction of sp³-hybridized carbons (Fsp3) is 0.167. The molecule has 0 fully saturated rings. The molecule has 0 saturated heterocycles. The van der Waals surface area contributed by atoms with Crippen LogP contribution < -0.4 is 5.32 Å². The van der Waals surface area contributed by atoms with Gasteiger partial charge in [0, 0.05) is 12.2 Å². The van der Waals surface area contributed by atoms with Gasteiger partial charge >= 0.3 is 11.9 Å². The molecule has 17 heavy (non-hydrogen) atoms. The van der Waals surface area contributed by atoms with Gasteiger partial charge in [-0.1, -0.05) is 12.2 Å². The first kappa shape index (κ1) is 12.8. The van der Waals surface area contributed by atoms with Gasteiger partial charge in [0.05, 0.1) is 11.1 Å². The van der Waals surface area contributed by atoms with E-state index in [1.807, 2.05) is 19.1 Å². The number of carboxylic acid groups (broad SMARTS) is 2. The molecule has 0 saturated carbocycles. The highest BCUT2D eigenvalue weighted by atomic mass is 16.4. The van der Waals surface area contributed by atoms with Crippen molar-refractivity contribution < 1.29 is 19.8 Å². The van der Waals surface area contributed by atoms with Gasteiger partial charge in [0.15, 0.2) is 0 Å². The van der Waals surface area contributed by atoms with Gasteiger partial charge in [-0.05, 0) is 25.1 Å². The van der Waals surface area contributed by atoms with Crippen LogP contribution in [0, 0.1) is 0 Å². The molecule has 0 radical (unpaired) electrons. The Balaban J connectivity index is 3.03. The Bertz CT molecular complexity index is 433. The monoisotopic (exact) mass is 235 g/mol. The topological polar surface area (TPSA) is 86.6 Å². The summed E-state index contributed by atoms with van der Waals surface area (Å²) in [6.45, 7) is 2.37. The third kappa shape index (κ3) is 3.64. The summed E-state index contributed by atoms with van der Waals surface area (Å²) in [6, 6.07) is 3.93. The largest absolute Gasteiger partial charge is 0.478 e. The summed E-state index contributed by atoms with van der Waals surface area (Å²) in [5.74, 6) is -2.30. The van der Waals surface area contributed by atoms with E-state index in [1.54, 1.807) is 0 Å². The maximum Gasteiger partial charge on any atom is 0.335 e. The molecule has 1 aromatic carbocycles. The van der Waals surface area contributed by atoms with Crippen molar-refractivity contribution in [3.05, 3.63) is 41.5 Å². The van der Waals surface area contributed by atoms with Crippen molar-refractivity contribution in [2.24, 2.45) is 0 Å². The SMILES string of the molecule is CC=CCNc1cc(C(=O)O)cc(C(=O)O)c1. The van der Waals surface area contributed by atoms with Crippen molar-refractivity contribution in [2.75, 3.05) is 11.9 Å². The third-order valence-corrected chi connectivity index (χ3v) is 2.09. The van der Waals surface area contributed by atoms with E-state index in [0.29, 0.717) is 12.2 Å². The number of anilines is 1. The van der Waals surface area contributed by atoms with E-state index in [0.717, 1.165) is 6.07 Å². The van der Waals surface area contributed by atoms with Crippen molar-refractivity contribution in [3.8, 4) is 0 Å². The van der Waals surface area contributed by atoms with E-state index in [4.69, 9.17) is 10.2 Å². The van der Waals surface area contributed by atoms with Crippen LogP contribution in [0.1, 0.15) is 27.6 Å². The van der Waals surface area contributed by atoms with Crippen LogP contribution >= 0.6 is 0 Å². The number of benzene rings is 1. The van der Waals surface area contributed by atoms with Gasteiger partial charge in [-0.25, -0.2) is 9.59 Å². The van der Waals surface area contributed by atoms with Crippen LogP contribution in [0.25, 0.3) is 0 Å². The van der Waals surface area contributed by atoms with Gasteiger partial charge in [-0.15, -0.1) is 0 Å². The van der Waals surface area contributed by atoms with Crippen molar-refractivity contribution in [2.45, 2.75) is 6.92 Å². The lowest BCUT2D eigenvalue weighted by Crippen LogP contribution is -2.06. The van der Waals surface area contributed by atoms with Crippen LogP contribution in [0.3, 0.4) is 0 Å². The molecular formula is C12H13NO4. The van der Waals surface area contributed by atoms with Crippen LogP contribution in [0.2, 0.25) is 0 Å². The van der Waals surface area contributed by atoms with E-state index in [9.17, 15) is 9.59 Å². The summed E-state index contributed by atoms with van der Waals surface area (Å²) in [4.78, 5) is 21.6. The number of carboxylic acids is 2. The molecule has 0 amide bonds. The first-order valence-electron chi connectivity index (χ1n) is 5.01. The molecule has 90 valence electrons. The highest BCUT2D eigenvalue weighted by Gasteiger charge is 2.10. The number of rotatable bonds is 5. The maximum atomic E-state index is 10.8. The summed E-state index contributed by atoms with van der Waals surface area (Å²) in [6.07, 6.45) is 3.68. The first-order chi connectivity index (χ1) is 8.04. The molecule has 1 aromatic rings. The quantitative estimate of drug-likeness (QED) is 0.680. The second-order valence-corrected chi connectivity index (χ2v) is 3.36. The first-order valence-corrected chi connectivity index (χ1v) is 5.01. The molecular weight excluding hydrogens is 222 g/mol. The summed E-state index contributed by atoms with van der Waals surface area (Å²) < 4.78 is 0. The zero-order valence-corrected chi connectivity index (χ0v) is 9.30. The van der Waals surface area contributed by atoms with Gasteiger partial charge in [0.25, 0.3) is 0 Å². The minimum Gasteiger partial charge on any atom is -0.478 e. The molecule has 3 N–H and O–H groups in total. The van der Waals surface area contributed by atoms with Crippen LogP contribution in [-0.2, 0) is 0 Å². The summed E-state index contributed by atoms with van der Waals surface area (Å²) in [5.41, 5.74) is 0.376. The van der Waals surface area contributed by atoms with Crippen molar-refractivity contribution in [1.29, 1.82) is 0 Å². The molecule has 1 rings (SSSR count). The van der Waals surface area contributed by atoms with Crippen LogP contribution in [0.4, 0.5) is 5.69 Å². The molecule has 0 aliphatic rings.